The van der Waals surface area contributed by atoms with E-state index in [1.54, 1.807) is 0 Å². The largest absolute Gasteiger partial charge is 1.00 e. The SMILES string of the molecule is CCCCC(=O)[O-].[Rb+]. The maximum absolute atomic E-state index is 9.65. The number of hydrogen-bond donors (Lipinski definition) is 0. The Bertz CT molecular complexity index is 63.4. The van der Waals surface area contributed by atoms with Crippen molar-refractivity contribution in [2.24, 2.45) is 0 Å². The first-order valence-corrected chi connectivity index (χ1v) is 2.47. The molecular weight excluding hydrogens is 178 g/mol. The van der Waals surface area contributed by atoms with Crippen molar-refractivity contribution in [3.63, 3.8) is 0 Å². The van der Waals surface area contributed by atoms with Gasteiger partial charge in [-0.2, -0.15) is 0 Å². The predicted molar refractivity (Wildman–Crippen MR) is 24.5 cm³/mol. The van der Waals surface area contributed by atoms with Crippen molar-refractivity contribution in [1.82, 2.24) is 0 Å². The van der Waals surface area contributed by atoms with Crippen LogP contribution in [0.4, 0.5) is 0 Å². The summed E-state index contributed by atoms with van der Waals surface area (Å²) in [6.07, 6.45) is 1.87. The fourth-order valence-corrected chi connectivity index (χ4v) is 0.321. The minimum absolute atomic E-state index is 0. The van der Waals surface area contributed by atoms with E-state index in [0.717, 1.165) is 12.8 Å². The van der Waals surface area contributed by atoms with Crippen LogP contribution in [-0.2, 0) is 4.79 Å². The van der Waals surface area contributed by atoms with E-state index in [1.807, 2.05) is 6.92 Å². The van der Waals surface area contributed by atoms with E-state index in [2.05, 4.69) is 0 Å². The third-order valence-electron chi connectivity index (χ3n) is 0.734. The second-order valence-corrected chi connectivity index (χ2v) is 1.48. The molecule has 2 nitrogen and oxygen atoms in total. The molecule has 0 N–H and O–H groups in total. The Labute approximate surface area is 98.4 Å². The molecule has 0 saturated heterocycles. The van der Waals surface area contributed by atoms with Crippen LogP contribution in [0, 0.1) is 0 Å². The van der Waals surface area contributed by atoms with Gasteiger partial charge in [0.05, 0.1) is 0 Å². The fraction of sp³-hybridized carbons (Fsp3) is 0.800. The first-order chi connectivity index (χ1) is 3.27. The maximum atomic E-state index is 9.65. The van der Waals surface area contributed by atoms with Gasteiger partial charge in [-0.25, -0.2) is 0 Å². The molecule has 42 valence electrons. The van der Waals surface area contributed by atoms with Gasteiger partial charge in [-0.1, -0.05) is 13.3 Å². The van der Waals surface area contributed by atoms with Crippen LogP contribution in [0.5, 0.6) is 0 Å². The van der Waals surface area contributed by atoms with Gasteiger partial charge >= 0.3 is 58.2 Å². The van der Waals surface area contributed by atoms with Gasteiger partial charge in [0.25, 0.3) is 0 Å². The Morgan fingerprint density at radius 2 is 2.12 bits per heavy atom. The Kier molecular flexibility index (Phi) is 12.4. The number of carbonyl (C=O) groups is 1. The standard InChI is InChI=1S/C5H10O2.Rb/c1-2-3-4-5(6)7;/h2-4H2,1H3,(H,6,7);/q;+1/p-1. The topological polar surface area (TPSA) is 40.1 Å². The summed E-state index contributed by atoms with van der Waals surface area (Å²) in [5.41, 5.74) is 0. The zero-order chi connectivity index (χ0) is 5.70. The summed E-state index contributed by atoms with van der Waals surface area (Å²) in [4.78, 5) is 9.65. The fourth-order valence-electron chi connectivity index (χ4n) is 0.321. The molecule has 0 heterocycles. The van der Waals surface area contributed by atoms with Gasteiger partial charge in [0, 0.05) is 5.97 Å². The Hall–Kier alpha value is 1.28. The van der Waals surface area contributed by atoms with E-state index in [1.165, 1.54) is 0 Å². The summed E-state index contributed by atoms with van der Waals surface area (Å²) in [6, 6.07) is 0. The summed E-state index contributed by atoms with van der Waals surface area (Å²) < 4.78 is 0. The smallest absolute Gasteiger partial charge is 0.550 e. The summed E-state index contributed by atoms with van der Waals surface area (Å²) in [5, 5.41) is 9.65. The first-order valence-electron chi connectivity index (χ1n) is 2.47. The number of unbranched alkanes of at least 4 members (excludes halogenated alkanes) is 1. The average Bonchev–Trinajstić information content (AvgIpc) is 1.61. The molecule has 0 radical (unpaired) electrons. The van der Waals surface area contributed by atoms with Gasteiger partial charge in [0.15, 0.2) is 0 Å². The molecule has 0 aliphatic carbocycles. The van der Waals surface area contributed by atoms with E-state index < -0.39 is 5.97 Å². The second-order valence-electron chi connectivity index (χ2n) is 1.48. The molecule has 0 atom stereocenters. The molecule has 0 rings (SSSR count). The number of hydrogen-bond acceptors (Lipinski definition) is 2. The van der Waals surface area contributed by atoms with E-state index in [9.17, 15) is 9.90 Å². The van der Waals surface area contributed by atoms with Gasteiger partial charge in [0.2, 0.25) is 0 Å². The van der Waals surface area contributed by atoms with Gasteiger partial charge in [-0.05, 0) is 12.8 Å². The molecule has 0 amide bonds. The molecular formula is C5H9O2Rb. The van der Waals surface area contributed by atoms with E-state index in [4.69, 9.17) is 0 Å². The summed E-state index contributed by atoms with van der Waals surface area (Å²) in [5.74, 6) is -0.943. The zero-order valence-electron chi connectivity index (χ0n) is 5.44. The monoisotopic (exact) mass is 186 g/mol. The molecule has 0 aliphatic heterocycles. The van der Waals surface area contributed by atoms with Crippen LogP contribution in [0.25, 0.3) is 0 Å². The van der Waals surface area contributed by atoms with Crippen molar-refractivity contribution in [2.75, 3.05) is 0 Å². The minimum atomic E-state index is -0.943. The summed E-state index contributed by atoms with van der Waals surface area (Å²) in [7, 11) is 0. The van der Waals surface area contributed by atoms with Crippen LogP contribution in [0.3, 0.4) is 0 Å². The third-order valence-corrected chi connectivity index (χ3v) is 0.734. The van der Waals surface area contributed by atoms with Crippen LogP contribution in [0.15, 0.2) is 0 Å². The molecule has 0 aromatic rings. The number of aliphatic carboxylic acids is 1. The normalized spacial score (nSPS) is 7.62. The maximum Gasteiger partial charge on any atom is 1.00 e. The minimum Gasteiger partial charge on any atom is -0.550 e. The van der Waals surface area contributed by atoms with Crippen LogP contribution in [0.1, 0.15) is 26.2 Å². The van der Waals surface area contributed by atoms with Crippen LogP contribution < -0.4 is 63.3 Å². The third kappa shape index (κ3) is 10.3. The van der Waals surface area contributed by atoms with Gasteiger partial charge in [-0.15, -0.1) is 0 Å². The average molecular weight is 187 g/mol. The summed E-state index contributed by atoms with van der Waals surface area (Å²) >= 11 is 0. The number of carboxylic acids is 1. The quantitative estimate of drug-likeness (QED) is 0.470. The van der Waals surface area contributed by atoms with Crippen LogP contribution in [-0.4, -0.2) is 5.97 Å². The molecule has 0 aromatic carbocycles. The molecule has 0 fully saturated rings. The van der Waals surface area contributed by atoms with Crippen molar-refractivity contribution in [1.29, 1.82) is 0 Å². The van der Waals surface area contributed by atoms with Gasteiger partial charge in [0.1, 0.15) is 0 Å². The molecule has 3 heteroatoms. The molecule has 0 spiro atoms. The molecule has 0 aromatic heterocycles. The van der Waals surface area contributed by atoms with Crippen molar-refractivity contribution in [2.45, 2.75) is 26.2 Å². The van der Waals surface area contributed by atoms with Crippen LogP contribution in [0.2, 0.25) is 0 Å². The Morgan fingerprint density at radius 1 is 1.62 bits per heavy atom. The number of carboxylic acid groups (broad SMARTS) is 1. The molecule has 0 unspecified atom stereocenters. The zero-order valence-corrected chi connectivity index (χ0v) is 10.4. The van der Waals surface area contributed by atoms with Gasteiger partial charge in [-0.3, -0.25) is 0 Å². The van der Waals surface area contributed by atoms with Crippen molar-refractivity contribution in [3.8, 4) is 0 Å². The van der Waals surface area contributed by atoms with E-state index in [0.29, 0.717) is 0 Å². The Morgan fingerprint density at radius 3 is 2.25 bits per heavy atom. The second kappa shape index (κ2) is 8.28. The Balaban J connectivity index is 0. The number of rotatable bonds is 3. The molecule has 0 aliphatic rings. The van der Waals surface area contributed by atoms with E-state index in [-0.39, 0.29) is 64.6 Å². The predicted octanol–water partition coefficient (Wildman–Crippen LogP) is -3.07. The number of carbonyl (C=O) groups excluding carboxylic acids is 1. The van der Waals surface area contributed by atoms with Crippen molar-refractivity contribution >= 4 is 5.97 Å². The van der Waals surface area contributed by atoms with Gasteiger partial charge < -0.3 is 9.90 Å². The molecule has 0 bridgehead atoms. The van der Waals surface area contributed by atoms with Crippen LogP contribution >= 0.6 is 0 Å². The summed E-state index contributed by atoms with van der Waals surface area (Å²) in [6.45, 7) is 1.95. The van der Waals surface area contributed by atoms with Crippen molar-refractivity contribution < 1.29 is 68.1 Å². The van der Waals surface area contributed by atoms with Crippen molar-refractivity contribution in [3.05, 3.63) is 0 Å². The first kappa shape index (κ1) is 12.0. The molecule has 8 heavy (non-hydrogen) atoms. The molecule has 0 saturated carbocycles. The van der Waals surface area contributed by atoms with E-state index >= 15 is 0 Å².